The van der Waals surface area contributed by atoms with E-state index in [9.17, 15) is 19.5 Å². The summed E-state index contributed by atoms with van der Waals surface area (Å²) in [4.78, 5) is 38.3. The number of nitrogens with one attached hydrogen (secondary N) is 1. The minimum absolute atomic E-state index is 0.0456. The lowest BCUT2D eigenvalue weighted by Gasteiger charge is -2.40. The number of ether oxygens (including phenoxy) is 2. The second-order valence-corrected chi connectivity index (χ2v) is 4.80. The Morgan fingerprint density at radius 3 is 2.10 bits per heavy atom. The second-order valence-electron chi connectivity index (χ2n) is 4.80. The predicted molar refractivity (Wildman–Crippen MR) is 69.7 cm³/mol. The Balaban J connectivity index is 2.15. The summed E-state index contributed by atoms with van der Waals surface area (Å²) >= 11 is 0. The second kappa shape index (κ2) is 6.72. The van der Waals surface area contributed by atoms with E-state index in [2.05, 4.69) is 5.32 Å². The largest absolute Gasteiger partial charge is 0.480 e. The molecule has 0 bridgehead atoms. The number of likely N-dealkylation sites (N-methyl/N-ethyl adjacent to an activating group) is 1. The standard InChI is InChI=1S/C12H19N3O6/c1-13-10(16)8-6-20-4-2-14(8)12(19)15-3-5-21-7-9(15)11(17)18/h8-9H,2-7H2,1H3,(H,13,16)(H,17,18). The summed E-state index contributed by atoms with van der Waals surface area (Å²) in [6.07, 6.45) is 0. The van der Waals surface area contributed by atoms with Gasteiger partial charge >= 0.3 is 12.0 Å². The zero-order valence-corrected chi connectivity index (χ0v) is 11.8. The normalized spacial score (nSPS) is 26.3. The van der Waals surface area contributed by atoms with Gasteiger partial charge in [0.2, 0.25) is 5.91 Å². The van der Waals surface area contributed by atoms with Crippen molar-refractivity contribution in [3.05, 3.63) is 0 Å². The van der Waals surface area contributed by atoms with Crippen LogP contribution in [0.15, 0.2) is 0 Å². The van der Waals surface area contributed by atoms with Crippen molar-refractivity contribution < 1.29 is 29.0 Å². The molecule has 2 saturated heterocycles. The number of hydrogen-bond acceptors (Lipinski definition) is 5. The maximum Gasteiger partial charge on any atom is 0.328 e. The smallest absolute Gasteiger partial charge is 0.328 e. The quantitative estimate of drug-likeness (QED) is 0.632. The molecule has 21 heavy (non-hydrogen) atoms. The van der Waals surface area contributed by atoms with Gasteiger partial charge in [0, 0.05) is 20.1 Å². The van der Waals surface area contributed by atoms with E-state index >= 15 is 0 Å². The molecule has 0 aromatic heterocycles. The summed E-state index contributed by atoms with van der Waals surface area (Å²) < 4.78 is 10.3. The third-order valence-corrected chi connectivity index (χ3v) is 3.58. The highest BCUT2D eigenvalue weighted by atomic mass is 16.5. The van der Waals surface area contributed by atoms with Gasteiger partial charge in [-0.05, 0) is 0 Å². The summed E-state index contributed by atoms with van der Waals surface area (Å²) in [7, 11) is 1.48. The average molecular weight is 301 g/mol. The van der Waals surface area contributed by atoms with Crippen molar-refractivity contribution in [2.45, 2.75) is 12.1 Å². The number of nitrogens with zero attached hydrogens (tertiary/aromatic N) is 2. The van der Waals surface area contributed by atoms with E-state index in [0.717, 1.165) is 0 Å². The highest BCUT2D eigenvalue weighted by molar-refractivity contribution is 5.89. The van der Waals surface area contributed by atoms with Crippen LogP contribution in [0.25, 0.3) is 0 Å². The third kappa shape index (κ3) is 3.24. The van der Waals surface area contributed by atoms with Crippen molar-refractivity contribution in [3.63, 3.8) is 0 Å². The van der Waals surface area contributed by atoms with Crippen molar-refractivity contribution in [2.24, 2.45) is 0 Å². The molecule has 118 valence electrons. The van der Waals surface area contributed by atoms with E-state index in [0.29, 0.717) is 6.61 Å². The van der Waals surface area contributed by atoms with E-state index < -0.39 is 24.1 Å². The van der Waals surface area contributed by atoms with Crippen LogP contribution in [0.4, 0.5) is 4.79 Å². The molecule has 2 atom stereocenters. The minimum Gasteiger partial charge on any atom is -0.480 e. The van der Waals surface area contributed by atoms with Gasteiger partial charge in [-0.1, -0.05) is 0 Å². The number of urea groups is 1. The van der Waals surface area contributed by atoms with Crippen LogP contribution in [-0.4, -0.2) is 91.5 Å². The number of amides is 3. The molecule has 2 aliphatic rings. The van der Waals surface area contributed by atoms with Crippen LogP contribution in [-0.2, 0) is 19.1 Å². The highest BCUT2D eigenvalue weighted by Crippen LogP contribution is 2.15. The van der Waals surface area contributed by atoms with Gasteiger partial charge in [-0.25, -0.2) is 9.59 Å². The number of morpholine rings is 2. The number of carbonyl (C=O) groups is 3. The Morgan fingerprint density at radius 1 is 1.05 bits per heavy atom. The number of carboxylic acid groups (broad SMARTS) is 1. The average Bonchev–Trinajstić information content (AvgIpc) is 2.53. The molecule has 0 aromatic carbocycles. The first-order chi connectivity index (χ1) is 10.1. The van der Waals surface area contributed by atoms with Crippen LogP contribution in [0.1, 0.15) is 0 Å². The fourth-order valence-electron chi connectivity index (χ4n) is 2.42. The zero-order valence-electron chi connectivity index (χ0n) is 11.8. The van der Waals surface area contributed by atoms with Gasteiger partial charge < -0.3 is 29.7 Å². The molecule has 9 nitrogen and oxygen atoms in total. The first-order valence-electron chi connectivity index (χ1n) is 6.73. The number of rotatable bonds is 2. The molecule has 0 saturated carbocycles. The van der Waals surface area contributed by atoms with Gasteiger partial charge in [-0.15, -0.1) is 0 Å². The van der Waals surface area contributed by atoms with Gasteiger partial charge in [0.15, 0.2) is 6.04 Å². The van der Waals surface area contributed by atoms with Crippen molar-refractivity contribution in [1.29, 1.82) is 0 Å². The monoisotopic (exact) mass is 301 g/mol. The number of carboxylic acids is 1. The molecule has 2 unspecified atom stereocenters. The summed E-state index contributed by atoms with van der Waals surface area (Å²) in [5.74, 6) is -1.45. The minimum atomic E-state index is -1.12. The van der Waals surface area contributed by atoms with Crippen molar-refractivity contribution in [3.8, 4) is 0 Å². The molecule has 3 amide bonds. The highest BCUT2D eigenvalue weighted by Gasteiger charge is 2.40. The van der Waals surface area contributed by atoms with Gasteiger partial charge in [0.05, 0.1) is 26.4 Å². The Bertz CT molecular complexity index is 429. The fraction of sp³-hybridized carbons (Fsp3) is 0.750. The topological polar surface area (TPSA) is 108 Å². The lowest BCUT2D eigenvalue weighted by atomic mass is 10.2. The molecule has 0 aliphatic carbocycles. The summed E-state index contributed by atoms with van der Waals surface area (Å²) in [5, 5.41) is 11.7. The number of carbonyl (C=O) groups excluding carboxylic acids is 2. The Hall–Kier alpha value is -1.87. The van der Waals surface area contributed by atoms with Gasteiger partial charge in [0.1, 0.15) is 6.04 Å². The number of aliphatic carboxylic acids is 1. The summed E-state index contributed by atoms with van der Waals surface area (Å²) in [6.45, 7) is 1.10. The maximum atomic E-state index is 12.6. The first kappa shape index (κ1) is 15.5. The van der Waals surface area contributed by atoms with Crippen LogP contribution < -0.4 is 5.32 Å². The zero-order chi connectivity index (χ0) is 15.4. The molecule has 2 N–H and O–H groups in total. The van der Waals surface area contributed by atoms with Gasteiger partial charge in [-0.2, -0.15) is 0 Å². The van der Waals surface area contributed by atoms with Crippen molar-refractivity contribution >= 4 is 17.9 Å². The molecule has 0 radical (unpaired) electrons. The Kier molecular flexibility index (Phi) is 4.97. The van der Waals surface area contributed by atoms with E-state index in [1.807, 2.05) is 0 Å². The molecular weight excluding hydrogens is 282 g/mol. The molecule has 2 rings (SSSR count). The van der Waals surface area contributed by atoms with Crippen LogP contribution in [0.2, 0.25) is 0 Å². The molecular formula is C12H19N3O6. The van der Waals surface area contributed by atoms with Crippen LogP contribution >= 0.6 is 0 Å². The van der Waals surface area contributed by atoms with Gasteiger partial charge in [-0.3, -0.25) is 4.79 Å². The number of hydrogen-bond donors (Lipinski definition) is 2. The summed E-state index contributed by atoms with van der Waals surface area (Å²) in [5.41, 5.74) is 0. The van der Waals surface area contributed by atoms with E-state index in [-0.39, 0.29) is 38.8 Å². The fourth-order valence-corrected chi connectivity index (χ4v) is 2.42. The van der Waals surface area contributed by atoms with E-state index in [1.165, 1.54) is 16.8 Å². The third-order valence-electron chi connectivity index (χ3n) is 3.58. The van der Waals surface area contributed by atoms with Crippen molar-refractivity contribution in [1.82, 2.24) is 15.1 Å². The molecule has 2 heterocycles. The molecule has 0 aromatic rings. The van der Waals surface area contributed by atoms with Gasteiger partial charge in [0.25, 0.3) is 0 Å². The van der Waals surface area contributed by atoms with Crippen LogP contribution in [0.5, 0.6) is 0 Å². The summed E-state index contributed by atoms with van der Waals surface area (Å²) in [6, 6.07) is -2.24. The van der Waals surface area contributed by atoms with Crippen LogP contribution in [0.3, 0.4) is 0 Å². The van der Waals surface area contributed by atoms with E-state index in [1.54, 1.807) is 0 Å². The molecule has 2 aliphatic heterocycles. The Labute approximate surface area is 121 Å². The lowest BCUT2D eigenvalue weighted by molar-refractivity contribution is -0.148. The van der Waals surface area contributed by atoms with Crippen LogP contribution in [0, 0.1) is 0 Å². The predicted octanol–water partition coefficient (Wildman–Crippen LogP) is -1.66. The SMILES string of the molecule is CNC(=O)C1COCCN1C(=O)N1CCOCC1C(=O)O. The Morgan fingerprint density at radius 2 is 1.57 bits per heavy atom. The molecule has 2 fully saturated rings. The van der Waals surface area contributed by atoms with E-state index in [4.69, 9.17) is 9.47 Å². The molecule has 0 spiro atoms. The lowest BCUT2D eigenvalue weighted by Crippen LogP contribution is -2.62. The maximum absolute atomic E-state index is 12.6. The first-order valence-corrected chi connectivity index (χ1v) is 6.73. The van der Waals surface area contributed by atoms with Crippen molar-refractivity contribution in [2.75, 3.05) is 46.6 Å². The molecule has 9 heteroatoms.